The van der Waals surface area contributed by atoms with Crippen LogP contribution in [0.4, 0.5) is 0 Å². The maximum atomic E-state index is 11.7. The standard InChI is InChI=1S/C17H27O2/c1-15(2)9-5-10-16(3)12(15)8-11-17(4)13(16)6-7-14(18)19-17/h9,12-13H,5-8,10-11H2,1-4H3/t12?,13?,16-,17+/m0/s1. The van der Waals surface area contributed by atoms with Gasteiger partial charge in [0.15, 0.2) is 0 Å². The van der Waals surface area contributed by atoms with E-state index >= 15 is 0 Å². The molecule has 3 aliphatic rings. The molecule has 2 heteroatoms. The van der Waals surface area contributed by atoms with Crippen molar-refractivity contribution in [2.24, 2.45) is 22.7 Å². The van der Waals surface area contributed by atoms with E-state index in [-0.39, 0.29) is 11.6 Å². The van der Waals surface area contributed by atoms with Crippen molar-refractivity contribution in [3.63, 3.8) is 0 Å². The van der Waals surface area contributed by atoms with Crippen molar-refractivity contribution in [3.05, 3.63) is 6.42 Å². The van der Waals surface area contributed by atoms with Crippen LogP contribution < -0.4 is 0 Å². The first-order chi connectivity index (χ1) is 8.78. The monoisotopic (exact) mass is 263 g/mol. The van der Waals surface area contributed by atoms with Crippen molar-refractivity contribution in [1.82, 2.24) is 0 Å². The average molecular weight is 263 g/mol. The molecule has 2 unspecified atom stereocenters. The van der Waals surface area contributed by atoms with Gasteiger partial charge in [-0.3, -0.25) is 4.79 Å². The lowest BCUT2D eigenvalue weighted by Crippen LogP contribution is -2.60. The van der Waals surface area contributed by atoms with Gasteiger partial charge in [-0.2, -0.15) is 0 Å². The summed E-state index contributed by atoms with van der Waals surface area (Å²) < 4.78 is 5.81. The van der Waals surface area contributed by atoms with E-state index in [4.69, 9.17) is 4.74 Å². The number of fused-ring (bicyclic) bond motifs is 3. The summed E-state index contributed by atoms with van der Waals surface area (Å²) in [6.45, 7) is 9.44. The van der Waals surface area contributed by atoms with Gasteiger partial charge in [0.25, 0.3) is 0 Å². The van der Waals surface area contributed by atoms with Gasteiger partial charge in [0, 0.05) is 12.3 Å². The number of hydrogen-bond acceptors (Lipinski definition) is 2. The van der Waals surface area contributed by atoms with Gasteiger partial charge >= 0.3 is 5.97 Å². The van der Waals surface area contributed by atoms with Crippen molar-refractivity contribution < 1.29 is 9.53 Å². The highest BCUT2D eigenvalue weighted by Crippen LogP contribution is 2.64. The second kappa shape index (κ2) is 3.99. The Morgan fingerprint density at radius 1 is 1.11 bits per heavy atom. The molecule has 2 nitrogen and oxygen atoms in total. The highest BCUT2D eigenvalue weighted by Gasteiger charge is 2.60. The topological polar surface area (TPSA) is 26.3 Å². The molecule has 4 atom stereocenters. The predicted molar refractivity (Wildman–Crippen MR) is 75.4 cm³/mol. The van der Waals surface area contributed by atoms with Crippen LogP contribution in [0.2, 0.25) is 0 Å². The molecule has 1 aliphatic heterocycles. The number of rotatable bonds is 0. The third kappa shape index (κ3) is 1.86. The third-order valence-electron chi connectivity index (χ3n) is 6.49. The van der Waals surface area contributed by atoms with Gasteiger partial charge < -0.3 is 4.74 Å². The van der Waals surface area contributed by atoms with E-state index in [1.807, 2.05) is 0 Å². The zero-order valence-corrected chi connectivity index (χ0v) is 12.8. The van der Waals surface area contributed by atoms with Crippen molar-refractivity contribution >= 4 is 5.97 Å². The molecule has 0 aromatic carbocycles. The molecule has 3 rings (SSSR count). The van der Waals surface area contributed by atoms with Crippen LogP contribution in [-0.2, 0) is 9.53 Å². The molecule has 3 fully saturated rings. The van der Waals surface area contributed by atoms with E-state index in [9.17, 15) is 4.79 Å². The van der Waals surface area contributed by atoms with Gasteiger partial charge in [-0.25, -0.2) is 0 Å². The van der Waals surface area contributed by atoms with Crippen LogP contribution >= 0.6 is 0 Å². The Labute approximate surface area is 117 Å². The molecule has 0 aromatic heterocycles. The minimum Gasteiger partial charge on any atom is -0.459 e. The second-order valence-electron chi connectivity index (χ2n) is 8.04. The fraction of sp³-hybridized carbons (Fsp3) is 0.882. The maximum Gasteiger partial charge on any atom is 0.306 e. The van der Waals surface area contributed by atoms with Gasteiger partial charge in [0.1, 0.15) is 5.60 Å². The van der Waals surface area contributed by atoms with E-state index in [2.05, 4.69) is 34.1 Å². The Hall–Kier alpha value is -0.530. The summed E-state index contributed by atoms with van der Waals surface area (Å²) in [5.41, 5.74) is 0.468. The van der Waals surface area contributed by atoms with Crippen LogP contribution in [0.15, 0.2) is 0 Å². The molecule has 1 radical (unpaired) electrons. The minimum atomic E-state index is -0.200. The molecule has 2 aliphatic carbocycles. The average Bonchev–Trinajstić information content (AvgIpc) is 2.25. The molecule has 0 amide bonds. The van der Waals surface area contributed by atoms with Crippen molar-refractivity contribution in [2.45, 2.75) is 71.8 Å². The minimum absolute atomic E-state index is 0.0161. The van der Waals surface area contributed by atoms with E-state index < -0.39 is 0 Å². The Balaban J connectivity index is 1.97. The lowest BCUT2D eigenvalue weighted by atomic mass is 9.45. The van der Waals surface area contributed by atoms with Gasteiger partial charge in [-0.05, 0) is 62.2 Å². The van der Waals surface area contributed by atoms with Gasteiger partial charge in [0.05, 0.1) is 0 Å². The predicted octanol–water partition coefficient (Wildman–Crippen LogP) is 4.14. The van der Waals surface area contributed by atoms with Crippen LogP contribution in [0.25, 0.3) is 0 Å². The number of hydrogen-bond donors (Lipinski definition) is 0. The maximum absolute atomic E-state index is 11.7. The Bertz CT molecular complexity index is 400. The van der Waals surface area contributed by atoms with Gasteiger partial charge in [-0.15, -0.1) is 0 Å². The summed E-state index contributed by atoms with van der Waals surface area (Å²) in [5.74, 6) is 1.30. The van der Waals surface area contributed by atoms with Crippen molar-refractivity contribution in [2.75, 3.05) is 0 Å². The lowest BCUT2D eigenvalue weighted by Gasteiger charge is -2.62. The molecule has 19 heavy (non-hydrogen) atoms. The molecule has 0 bridgehead atoms. The SMILES string of the molecule is CC1(C)[CH]CC[C@@]2(C)C1CC[C@@]1(C)OC(=O)CCC21. The molecule has 0 aromatic rings. The molecule has 0 N–H and O–H groups in total. The summed E-state index contributed by atoms with van der Waals surface area (Å²) >= 11 is 0. The smallest absolute Gasteiger partial charge is 0.306 e. The molecule has 107 valence electrons. The highest BCUT2D eigenvalue weighted by atomic mass is 16.6. The first kappa shape index (κ1) is 13.5. The third-order valence-corrected chi connectivity index (χ3v) is 6.49. The van der Waals surface area contributed by atoms with E-state index in [0.29, 0.717) is 23.2 Å². The van der Waals surface area contributed by atoms with Gasteiger partial charge in [-0.1, -0.05) is 20.8 Å². The largest absolute Gasteiger partial charge is 0.459 e. The normalized spacial score (nSPS) is 48.9. The summed E-state index contributed by atoms with van der Waals surface area (Å²) in [7, 11) is 0. The van der Waals surface area contributed by atoms with Crippen LogP contribution in [0, 0.1) is 29.1 Å². The van der Waals surface area contributed by atoms with Crippen LogP contribution in [0.1, 0.15) is 66.2 Å². The first-order valence-electron chi connectivity index (χ1n) is 7.84. The van der Waals surface area contributed by atoms with Gasteiger partial charge in [0.2, 0.25) is 0 Å². The molecular weight excluding hydrogens is 236 g/mol. The Kier molecular flexibility index (Phi) is 2.82. The molecule has 1 saturated heterocycles. The Morgan fingerprint density at radius 2 is 1.84 bits per heavy atom. The van der Waals surface area contributed by atoms with Crippen molar-refractivity contribution in [3.8, 4) is 0 Å². The lowest BCUT2D eigenvalue weighted by molar-refractivity contribution is -0.211. The molecule has 0 spiro atoms. The van der Waals surface area contributed by atoms with E-state index in [0.717, 1.165) is 18.8 Å². The van der Waals surface area contributed by atoms with E-state index in [1.165, 1.54) is 19.3 Å². The van der Waals surface area contributed by atoms with Crippen LogP contribution in [-0.4, -0.2) is 11.6 Å². The summed E-state index contributed by atoms with van der Waals surface area (Å²) in [5, 5.41) is 0. The zero-order valence-electron chi connectivity index (χ0n) is 12.8. The first-order valence-corrected chi connectivity index (χ1v) is 7.84. The van der Waals surface area contributed by atoms with Crippen LogP contribution in [0.3, 0.4) is 0 Å². The van der Waals surface area contributed by atoms with Crippen LogP contribution in [0.5, 0.6) is 0 Å². The fourth-order valence-corrected chi connectivity index (χ4v) is 5.67. The zero-order chi connectivity index (χ0) is 13.9. The molecular formula is C17H27O2. The quantitative estimate of drug-likeness (QED) is 0.614. The molecule has 2 saturated carbocycles. The summed E-state index contributed by atoms with van der Waals surface area (Å²) in [6, 6.07) is 0. The van der Waals surface area contributed by atoms with Crippen molar-refractivity contribution in [1.29, 1.82) is 0 Å². The summed E-state index contributed by atoms with van der Waals surface area (Å²) in [4.78, 5) is 11.7. The second-order valence-corrected chi connectivity index (χ2v) is 8.04. The number of carbonyl (C=O) groups is 1. The summed E-state index contributed by atoms with van der Waals surface area (Å²) in [6.07, 6.45) is 8.88. The number of carbonyl (C=O) groups excluding carboxylic acids is 1. The number of ether oxygens (including phenoxy) is 1. The Morgan fingerprint density at radius 3 is 2.58 bits per heavy atom. The molecule has 1 heterocycles. The van der Waals surface area contributed by atoms with E-state index in [1.54, 1.807) is 0 Å². The fourth-order valence-electron chi connectivity index (χ4n) is 5.67. The number of esters is 1. The highest BCUT2D eigenvalue weighted by molar-refractivity contribution is 5.71.